The van der Waals surface area contributed by atoms with Crippen molar-refractivity contribution >= 4 is 17.8 Å². The van der Waals surface area contributed by atoms with E-state index in [1.807, 2.05) is 66.7 Å². The van der Waals surface area contributed by atoms with Crippen molar-refractivity contribution in [3.8, 4) is 5.75 Å². The number of nitrogens with two attached hydrogens (primary N) is 1. The van der Waals surface area contributed by atoms with Crippen LogP contribution in [0.2, 0.25) is 0 Å². The lowest BCUT2D eigenvalue weighted by Gasteiger charge is -2.43. The summed E-state index contributed by atoms with van der Waals surface area (Å²) in [5, 5.41) is 3.52. The maximum atomic E-state index is 13.4. The Hall–Kier alpha value is -4.17. The van der Waals surface area contributed by atoms with E-state index in [1.54, 1.807) is 24.3 Å². The van der Waals surface area contributed by atoms with Crippen LogP contribution in [-0.2, 0) is 27.4 Å². The molecular weight excluding hydrogens is 434 g/mol. The summed E-state index contributed by atoms with van der Waals surface area (Å²) in [4.78, 5) is 38.5. The first-order chi connectivity index (χ1) is 16.5. The summed E-state index contributed by atoms with van der Waals surface area (Å²) < 4.78 is 11.1. The molecule has 0 aliphatic carbocycles. The lowest BCUT2D eigenvalue weighted by molar-refractivity contribution is -0.180. The predicted octanol–water partition coefficient (Wildman–Crippen LogP) is 2.83. The molecule has 0 saturated carbocycles. The first-order valence-corrected chi connectivity index (χ1v) is 10.9. The number of carbonyl (C=O) groups is 3. The molecular formula is C26H25N3O5. The smallest absolute Gasteiger partial charge is 0.408 e. The zero-order chi connectivity index (χ0) is 23.9. The average Bonchev–Trinajstić information content (AvgIpc) is 2.88. The van der Waals surface area contributed by atoms with Crippen LogP contribution in [0, 0.1) is 5.92 Å². The number of amides is 2. The number of hydrogen-bond donors (Lipinski definition) is 2. The molecule has 0 aromatic heterocycles. The highest BCUT2D eigenvalue weighted by molar-refractivity contribution is 6.08. The van der Waals surface area contributed by atoms with E-state index in [0.717, 1.165) is 16.1 Å². The number of benzene rings is 3. The minimum atomic E-state index is -1.15. The van der Waals surface area contributed by atoms with E-state index in [4.69, 9.17) is 15.3 Å². The van der Waals surface area contributed by atoms with Crippen molar-refractivity contribution in [2.24, 2.45) is 11.8 Å². The second-order valence-corrected chi connectivity index (χ2v) is 7.90. The summed E-state index contributed by atoms with van der Waals surface area (Å²) in [6, 6.07) is 26.2. The summed E-state index contributed by atoms with van der Waals surface area (Å²) in [6.07, 6.45) is -1.54. The van der Waals surface area contributed by atoms with Gasteiger partial charge in [-0.25, -0.2) is 15.6 Å². The van der Waals surface area contributed by atoms with Crippen LogP contribution in [0.1, 0.15) is 11.1 Å². The van der Waals surface area contributed by atoms with Crippen molar-refractivity contribution in [3.63, 3.8) is 0 Å². The third-order valence-electron chi connectivity index (χ3n) is 5.52. The molecule has 1 fully saturated rings. The quantitative estimate of drug-likeness (QED) is 0.220. The molecule has 1 aliphatic rings. The number of nitrogens with one attached hydrogen (secondary N) is 1. The summed E-state index contributed by atoms with van der Waals surface area (Å²) >= 11 is 0. The molecule has 0 bridgehead atoms. The molecule has 2 amide bonds. The highest BCUT2D eigenvalue weighted by atomic mass is 16.5. The number of carbonyl (C=O) groups excluding carboxylic acids is 3. The Bertz CT molecular complexity index is 1120. The molecule has 34 heavy (non-hydrogen) atoms. The zero-order valence-electron chi connectivity index (χ0n) is 18.4. The molecule has 8 nitrogen and oxygen atoms in total. The number of para-hydroxylation sites is 1. The van der Waals surface area contributed by atoms with Crippen LogP contribution in [0.15, 0.2) is 91.0 Å². The lowest BCUT2D eigenvalue weighted by Crippen LogP contribution is -2.70. The normalized spacial score (nSPS) is 17.9. The molecule has 1 aliphatic heterocycles. The van der Waals surface area contributed by atoms with Gasteiger partial charge in [0.15, 0.2) is 11.7 Å². The molecule has 8 heteroatoms. The second-order valence-electron chi connectivity index (χ2n) is 7.90. The molecule has 0 unspecified atom stereocenters. The first-order valence-electron chi connectivity index (χ1n) is 10.9. The van der Waals surface area contributed by atoms with Crippen LogP contribution in [0.3, 0.4) is 0 Å². The highest BCUT2D eigenvalue weighted by Gasteiger charge is 2.54. The van der Waals surface area contributed by atoms with Crippen molar-refractivity contribution in [3.05, 3.63) is 102 Å². The van der Waals surface area contributed by atoms with Crippen LogP contribution in [0.4, 0.5) is 4.79 Å². The van der Waals surface area contributed by atoms with Gasteiger partial charge in [-0.1, -0.05) is 78.9 Å². The maximum Gasteiger partial charge on any atom is 0.408 e. The number of ether oxygens (including phenoxy) is 2. The minimum Gasteiger partial charge on any atom is -0.468 e. The monoisotopic (exact) mass is 459 g/mol. The topological polar surface area (TPSA) is 111 Å². The fraction of sp³-hybridized carbons (Fsp3) is 0.192. The van der Waals surface area contributed by atoms with E-state index in [-0.39, 0.29) is 13.0 Å². The van der Waals surface area contributed by atoms with Gasteiger partial charge in [0, 0.05) is 0 Å². The number of rotatable bonds is 9. The average molecular weight is 460 g/mol. The number of hydrazine groups is 1. The van der Waals surface area contributed by atoms with Crippen LogP contribution in [-0.4, -0.2) is 35.1 Å². The van der Waals surface area contributed by atoms with Crippen molar-refractivity contribution < 1.29 is 23.9 Å². The molecule has 174 valence electrons. The number of nitrogens with zero attached hydrogens (tertiary/aromatic N) is 1. The number of β-lactam (4-membered cyclic amide) rings is 1. The fourth-order valence-electron chi connectivity index (χ4n) is 3.71. The van der Waals surface area contributed by atoms with Crippen molar-refractivity contribution in [1.82, 2.24) is 10.3 Å². The third kappa shape index (κ3) is 5.41. The van der Waals surface area contributed by atoms with Crippen molar-refractivity contribution in [2.75, 3.05) is 0 Å². The molecule has 0 radical (unpaired) electrons. The van der Waals surface area contributed by atoms with Crippen molar-refractivity contribution in [1.29, 1.82) is 0 Å². The third-order valence-corrected chi connectivity index (χ3v) is 5.52. The predicted molar refractivity (Wildman–Crippen MR) is 124 cm³/mol. The maximum absolute atomic E-state index is 13.4. The van der Waals surface area contributed by atoms with Gasteiger partial charge in [-0.15, -0.1) is 0 Å². The summed E-state index contributed by atoms with van der Waals surface area (Å²) in [7, 11) is 0. The number of Topliss-reactive ketones (excluding diaryl/α,β-unsaturated/α-hetero) is 1. The van der Waals surface area contributed by atoms with E-state index in [2.05, 4.69) is 5.32 Å². The molecule has 4 rings (SSSR count). The van der Waals surface area contributed by atoms with E-state index in [9.17, 15) is 14.4 Å². The standard InChI is InChI=1S/C26H25N3O5/c27-29-24(31)22(25(29)34-20-14-8-3-9-15-20)23(30)21(16-18-10-4-1-5-11-18)28-26(32)33-17-19-12-6-2-7-13-19/h1-15,21-22,25H,16-17,27H2,(H,28,32)/t21-,22-,25-/m0/s1. The van der Waals surface area contributed by atoms with Crippen molar-refractivity contribution in [2.45, 2.75) is 25.3 Å². The van der Waals surface area contributed by atoms with E-state index in [0.29, 0.717) is 5.75 Å². The van der Waals surface area contributed by atoms with E-state index >= 15 is 0 Å². The van der Waals surface area contributed by atoms with E-state index in [1.165, 1.54) is 0 Å². The van der Waals surface area contributed by atoms with Gasteiger partial charge in [-0.05, 0) is 29.7 Å². The minimum absolute atomic E-state index is 0.0532. The summed E-state index contributed by atoms with van der Waals surface area (Å²) in [5.41, 5.74) is 1.63. The van der Waals surface area contributed by atoms with Gasteiger partial charge in [0.1, 0.15) is 12.4 Å². The number of hydrogen-bond acceptors (Lipinski definition) is 6. The molecule has 3 aromatic rings. The molecule has 3 aromatic carbocycles. The van der Waals surface area contributed by atoms with Crippen LogP contribution >= 0.6 is 0 Å². The van der Waals surface area contributed by atoms with Gasteiger partial charge in [0.25, 0.3) is 5.91 Å². The Kier molecular flexibility index (Phi) is 7.19. The molecule has 3 atom stereocenters. The van der Waals surface area contributed by atoms with Gasteiger partial charge >= 0.3 is 6.09 Å². The Labute approximate surface area is 197 Å². The van der Waals surface area contributed by atoms with E-state index < -0.39 is 36.0 Å². The summed E-state index contributed by atoms with van der Waals surface area (Å²) in [6.45, 7) is 0.0532. The van der Waals surface area contributed by atoms with Crippen LogP contribution < -0.4 is 15.9 Å². The molecule has 1 saturated heterocycles. The fourth-order valence-corrected chi connectivity index (χ4v) is 3.71. The molecule has 1 heterocycles. The van der Waals surface area contributed by atoms with Gasteiger partial charge in [0.05, 0.1) is 6.04 Å². The molecule has 0 spiro atoms. The van der Waals surface area contributed by atoms with Gasteiger partial charge in [0.2, 0.25) is 6.23 Å². The zero-order valence-corrected chi connectivity index (χ0v) is 18.4. The lowest BCUT2D eigenvalue weighted by atomic mass is 9.86. The Morgan fingerprint density at radius 3 is 2.06 bits per heavy atom. The first kappa shape index (κ1) is 23.0. The number of alkyl carbamates (subject to hydrolysis) is 1. The van der Waals surface area contributed by atoms with Gasteiger partial charge in [-0.3, -0.25) is 9.59 Å². The number of ketones is 1. The Balaban J connectivity index is 1.48. The van der Waals surface area contributed by atoms with Crippen LogP contribution in [0.25, 0.3) is 0 Å². The Morgan fingerprint density at radius 2 is 1.44 bits per heavy atom. The second kappa shape index (κ2) is 10.6. The largest absolute Gasteiger partial charge is 0.468 e. The highest BCUT2D eigenvalue weighted by Crippen LogP contribution is 2.29. The van der Waals surface area contributed by atoms with Gasteiger partial charge < -0.3 is 14.8 Å². The summed E-state index contributed by atoms with van der Waals surface area (Å²) in [5.74, 6) is 4.07. The SMILES string of the molecule is NN1C(=O)[C@H](C(=O)[C@H](Cc2ccccc2)NC(=O)OCc2ccccc2)[C@@H]1Oc1ccccc1. The molecule has 3 N–H and O–H groups in total. The van der Waals surface area contributed by atoms with Gasteiger partial charge in [-0.2, -0.15) is 0 Å². The Morgan fingerprint density at radius 1 is 0.882 bits per heavy atom. The van der Waals surface area contributed by atoms with Crippen LogP contribution in [0.5, 0.6) is 5.75 Å².